The molecule has 122 valence electrons. The molecule has 0 saturated carbocycles. The Hall–Kier alpha value is -3.74. The van der Waals surface area contributed by atoms with Crippen LogP contribution in [0.25, 0.3) is 10.9 Å². The molecule has 0 unspecified atom stereocenters. The lowest BCUT2D eigenvalue weighted by Crippen LogP contribution is -2.12. The van der Waals surface area contributed by atoms with Gasteiger partial charge in [-0.05, 0) is 30.3 Å². The number of aromatic nitrogens is 4. The monoisotopic (exact) mass is 330 g/mol. The number of aromatic amines is 1. The summed E-state index contributed by atoms with van der Waals surface area (Å²) in [6.45, 7) is 0. The van der Waals surface area contributed by atoms with Crippen molar-refractivity contribution < 1.29 is 4.79 Å². The van der Waals surface area contributed by atoms with Crippen LogP contribution in [0.2, 0.25) is 0 Å². The second kappa shape index (κ2) is 6.40. The van der Waals surface area contributed by atoms with Crippen molar-refractivity contribution >= 4 is 34.1 Å². The van der Waals surface area contributed by atoms with Crippen molar-refractivity contribution in [3.8, 4) is 0 Å². The van der Waals surface area contributed by atoms with Crippen molar-refractivity contribution in [1.82, 2.24) is 20.2 Å². The van der Waals surface area contributed by atoms with E-state index in [2.05, 4.69) is 30.8 Å². The average molecular weight is 330 g/mol. The number of para-hydroxylation sites is 1. The fourth-order valence-electron chi connectivity index (χ4n) is 2.50. The summed E-state index contributed by atoms with van der Waals surface area (Å²) < 4.78 is 0. The quantitative estimate of drug-likeness (QED) is 0.533. The molecule has 1 amide bonds. The van der Waals surface area contributed by atoms with Gasteiger partial charge in [0, 0.05) is 29.0 Å². The lowest BCUT2D eigenvalue weighted by Gasteiger charge is -2.08. The number of hydrogen-bond donors (Lipinski definition) is 3. The summed E-state index contributed by atoms with van der Waals surface area (Å²) >= 11 is 0. The molecule has 2 heterocycles. The van der Waals surface area contributed by atoms with E-state index in [-0.39, 0.29) is 5.91 Å². The van der Waals surface area contributed by atoms with Gasteiger partial charge in [-0.25, -0.2) is 9.97 Å². The van der Waals surface area contributed by atoms with Crippen LogP contribution < -0.4 is 10.6 Å². The fraction of sp³-hybridized carbons (Fsp3) is 0. The van der Waals surface area contributed by atoms with E-state index in [1.807, 2.05) is 24.3 Å². The second-order valence-electron chi connectivity index (χ2n) is 5.37. The number of benzene rings is 2. The minimum Gasteiger partial charge on any atom is -0.324 e. The summed E-state index contributed by atoms with van der Waals surface area (Å²) in [6, 6.07) is 14.5. The number of nitrogens with zero attached hydrogens (tertiary/aromatic N) is 3. The maximum absolute atomic E-state index is 12.6. The molecular formula is C18H14N6O. The summed E-state index contributed by atoms with van der Waals surface area (Å²) in [5.41, 5.74) is 2.74. The third-order valence-corrected chi connectivity index (χ3v) is 3.67. The van der Waals surface area contributed by atoms with E-state index in [0.717, 1.165) is 16.6 Å². The van der Waals surface area contributed by atoms with Gasteiger partial charge in [-0.1, -0.05) is 18.2 Å². The van der Waals surface area contributed by atoms with E-state index < -0.39 is 0 Å². The number of amides is 1. The van der Waals surface area contributed by atoms with Gasteiger partial charge in [0.2, 0.25) is 5.95 Å². The zero-order valence-corrected chi connectivity index (χ0v) is 13.1. The van der Waals surface area contributed by atoms with Gasteiger partial charge >= 0.3 is 0 Å². The van der Waals surface area contributed by atoms with Crippen molar-refractivity contribution in [2.75, 3.05) is 10.6 Å². The Balaban J connectivity index is 1.56. The molecule has 3 N–H and O–H groups in total. The molecule has 4 rings (SSSR count). The molecule has 0 aliphatic rings. The molecule has 7 heteroatoms. The SMILES string of the molecule is O=C(Nc1cccc2cn[nH]c12)c1cccc(Nc2ncccn2)c1. The van der Waals surface area contributed by atoms with Gasteiger partial charge in [0.25, 0.3) is 5.91 Å². The number of fused-ring (bicyclic) bond motifs is 1. The number of rotatable bonds is 4. The first kappa shape index (κ1) is 14.8. The minimum atomic E-state index is -0.209. The van der Waals surface area contributed by atoms with Crippen LogP contribution in [0.15, 0.2) is 67.1 Å². The van der Waals surface area contributed by atoms with Gasteiger partial charge in [-0.15, -0.1) is 0 Å². The van der Waals surface area contributed by atoms with Gasteiger partial charge in [0.05, 0.1) is 17.4 Å². The first-order valence-corrected chi connectivity index (χ1v) is 7.67. The Bertz CT molecular complexity index is 1030. The zero-order chi connectivity index (χ0) is 17.1. The Kier molecular flexibility index (Phi) is 3.80. The average Bonchev–Trinajstić information content (AvgIpc) is 3.13. The van der Waals surface area contributed by atoms with Crippen LogP contribution >= 0.6 is 0 Å². The van der Waals surface area contributed by atoms with E-state index in [1.54, 1.807) is 42.9 Å². The molecule has 7 nitrogen and oxygen atoms in total. The normalized spacial score (nSPS) is 10.6. The molecule has 0 fully saturated rings. The second-order valence-corrected chi connectivity index (χ2v) is 5.37. The summed E-state index contributed by atoms with van der Waals surface area (Å²) in [6.07, 6.45) is 5.02. The zero-order valence-electron chi connectivity index (χ0n) is 13.1. The summed E-state index contributed by atoms with van der Waals surface area (Å²) in [5, 5.41) is 13.8. The molecule has 25 heavy (non-hydrogen) atoms. The number of nitrogens with one attached hydrogen (secondary N) is 3. The minimum absolute atomic E-state index is 0.209. The number of carbonyl (C=O) groups is 1. The van der Waals surface area contributed by atoms with Crippen LogP contribution in [0.4, 0.5) is 17.3 Å². The number of hydrogen-bond acceptors (Lipinski definition) is 5. The van der Waals surface area contributed by atoms with E-state index in [0.29, 0.717) is 17.2 Å². The number of anilines is 3. The van der Waals surface area contributed by atoms with Gasteiger partial charge in [0.1, 0.15) is 0 Å². The van der Waals surface area contributed by atoms with Crippen LogP contribution in [-0.2, 0) is 0 Å². The lowest BCUT2D eigenvalue weighted by molar-refractivity contribution is 0.102. The highest BCUT2D eigenvalue weighted by atomic mass is 16.1. The van der Waals surface area contributed by atoms with Crippen molar-refractivity contribution in [2.24, 2.45) is 0 Å². The third kappa shape index (κ3) is 3.16. The van der Waals surface area contributed by atoms with Crippen molar-refractivity contribution in [1.29, 1.82) is 0 Å². The molecule has 2 aromatic heterocycles. The molecule has 0 aliphatic heterocycles. The molecule has 0 aliphatic carbocycles. The van der Waals surface area contributed by atoms with Crippen LogP contribution in [0.1, 0.15) is 10.4 Å². The van der Waals surface area contributed by atoms with Crippen molar-refractivity contribution in [3.63, 3.8) is 0 Å². The molecule has 0 bridgehead atoms. The third-order valence-electron chi connectivity index (χ3n) is 3.67. The summed E-state index contributed by atoms with van der Waals surface area (Å²) in [7, 11) is 0. The highest BCUT2D eigenvalue weighted by molar-refractivity contribution is 6.08. The van der Waals surface area contributed by atoms with E-state index in [9.17, 15) is 4.79 Å². The van der Waals surface area contributed by atoms with Crippen LogP contribution in [0.5, 0.6) is 0 Å². The number of H-pyrrole nitrogens is 1. The Morgan fingerprint density at radius 2 is 1.84 bits per heavy atom. The largest absolute Gasteiger partial charge is 0.324 e. The highest BCUT2D eigenvalue weighted by Crippen LogP contribution is 2.22. The van der Waals surface area contributed by atoms with Crippen LogP contribution in [0.3, 0.4) is 0 Å². The smallest absolute Gasteiger partial charge is 0.255 e. The predicted octanol–water partition coefficient (Wildman–Crippen LogP) is 3.35. The van der Waals surface area contributed by atoms with E-state index >= 15 is 0 Å². The first-order valence-electron chi connectivity index (χ1n) is 7.67. The predicted molar refractivity (Wildman–Crippen MR) is 95.8 cm³/mol. The Morgan fingerprint density at radius 3 is 2.72 bits per heavy atom. The summed E-state index contributed by atoms with van der Waals surface area (Å²) in [4.78, 5) is 20.8. The molecule has 2 aromatic carbocycles. The number of carbonyl (C=O) groups excluding carboxylic acids is 1. The standard InChI is InChI=1S/C18H14N6O/c25-17(23-15-7-2-5-13-11-21-24-16(13)15)12-4-1-6-14(10-12)22-18-19-8-3-9-20-18/h1-11H,(H,21,24)(H,23,25)(H,19,20,22). The molecule has 0 atom stereocenters. The van der Waals surface area contributed by atoms with E-state index in [4.69, 9.17) is 0 Å². The molecule has 0 radical (unpaired) electrons. The van der Waals surface area contributed by atoms with Crippen molar-refractivity contribution in [2.45, 2.75) is 0 Å². The van der Waals surface area contributed by atoms with Gasteiger partial charge in [-0.2, -0.15) is 5.10 Å². The molecule has 0 saturated heterocycles. The maximum atomic E-state index is 12.6. The lowest BCUT2D eigenvalue weighted by atomic mass is 10.1. The van der Waals surface area contributed by atoms with E-state index in [1.165, 1.54) is 0 Å². The summed E-state index contributed by atoms with van der Waals surface area (Å²) in [5.74, 6) is 0.266. The first-order chi connectivity index (χ1) is 12.3. The Morgan fingerprint density at radius 1 is 1.00 bits per heavy atom. The fourth-order valence-corrected chi connectivity index (χ4v) is 2.50. The highest BCUT2D eigenvalue weighted by Gasteiger charge is 2.10. The Labute approximate surface area is 143 Å². The van der Waals surface area contributed by atoms with Crippen LogP contribution in [0, 0.1) is 0 Å². The topological polar surface area (TPSA) is 95.6 Å². The molecular weight excluding hydrogens is 316 g/mol. The van der Waals surface area contributed by atoms with Gasteiger partial charge < -0.3 is 10.6 Å². The van der Waals surface area contributed by atoms with Crippen LogP contribution in [-0.4, -0.2) is 26.1 Å². The molecule has 0 spiro atoms. The van der Waals surface area contributed by atoms with Gasteiger partial charge in [0.15, 0.2) is 0 Å². The van der Waals surface area contributed by atoms with Gasteiger partial charge in [-0.3, -0.25) is 9.89 Å². The maximum Gasteiger partial charge on any atom is 0.255 e. The van der Waals surface area contributed by atoms with Crippen molar-refractivity contribution in [3.05, 3.63) is 72.7 Å². The molecule has 4 aromatic rings.